The van der Waals surface area contributed by atoms with E-state index in [1.807, 2.05) is 32.9 Å². The Labute approximate surface area is 203 Å². The molecule has 1 N–H and O–H groups in total. The van der Waals surface area contributed by atoms with Gasteiger partial charge in [-0.2, -0.15) is 0 Å². The number of nitrogens with one attached hydrogen (secondary N) is 1. The highest BCUT2D eigenvalue weighted by molar-refractivity contribution is 8.26. The van der Waals surface area contributed by atoms with Crippen molar-refractivity contribution in [2.75, 3.05) is 44.7 Å². The number of morpholine rings is 1. The summed E-state index contributed by atoms with van der Waals surface area (Å²) in [6.07, 6.45) is 4.15. The number of ether oxygens (including phenoxy) is 1. The highest BCUT2D eigenvalue weighted by Crippen LogP contribution is 2.34. The number of amides is 1. The summed E-state index contributed by atoms with van der Waals surface area (Å²) in [5.41, 5.74) is 1.65. The van der Waals surface area contributed by atoms with E-state index < -0.39 is 0 Å². The normalized spacial score (nSPS) is 19.6. The second kappa shape index (κ2) is 10.3. The lowest BCUT2D eigenvalue weighted by Crippen LogP contribution is -2.39. The smallest absolute Gasteiger partial charge is 0.267 e. The van der Waals surface area contributed by atoms with E-state index in [-0.39, 0.29) is 17.5 Å². The van der Waals surface area contributed by atoms with Crippen LogP contribution in [0.2, 0.25) is 0 Å². The van der Waals surface area contributed by atoms with Gasteiger partial charge >= 0.3 is 0 Å². The van der Waals surface area contributed by atoms with E-state index >= 15 is 0 Å². The average Bonchev–Trinajstić information content (AvgIpc) is 3.09. The lowest BCUT2D eigenvalue weighted by atomic mass is 10.2. The molecule has 2 aliphatic heterocycles. The maximum absolute atomic E-state index is 13.5. The van der Waals surface area contributed by atoms with E-state index in [0.29, 0.717) is 32.8 Å². The minimum Gasteiger partial charge on any atom is -0.379 e. The lowest BCUT2D eigenvalue weighted by molar-refractivity contribution is -0.123. The van der Waals surface area contributed by atoms with Gasteiger partial charge in [-0.3, -0.25) is 23.8 Å². The number of fused-ring (bicyclic) bond motifs is 1. The molecule has 0 radical (unpaired) electrons. The van der Waals surface area contributed by atoms with Crippen LogP contribution in [-0.4, -0.2) is 74.8 Å². The van der Waals surface area contributed by atoms with Crippen molar-refractivity contribution in [1.29, 1.82) is 0 Å². The van der Waals surface area contributed by atoms with Crippen molar-refractivity contribution >= 4 is 51.7 Å². The first kappa shape index (κ1) is 23.9. The molecule has 0 saturated carbocycles. The minimum atomic E-state index is -0.216. The van der Waals surface area contributed by atoms with Crippen LogP contribution in [0.1, 0.15) is 31.4 Å². The van der Waals surface area contributed by atoms with Gasteiger partial charge in [0.25, 0.3) is 11.5 Å². The number of pyridine rings is 1. The van der Waals surface area contributed by atoms with Crippen molar-refractivity contribution in [3.63, 3.8) is 0 Å². The third-order valence-electron chi connectivity index (χ3n) is 6.04. The highest BCUT2D eigenvalue weighted by Gasteiger charge is 2.35. The summed E-state index contributed by atoms with van der Waals surface area (Å²) in [6.45, 7) is 10.6. The highest BCUT2D eigenvalue weighted by atomic mass is 32.2. The van der Waals surface area contributed by atoms with Gasteiger partial charge in [-0.15, -0.1) is 0 Å². The van der Waals surface area contributed by atoms with Gasteiger partial charge in [-0.25, -0.2) is 4.98 Å². The van der Waals surface area contributed by atoms with Crippen molar-refractivity contribution in [3.05, 3.63) is 44.7 Å². The standard InChI is InChI=1S/C23H29N5O3S2/c1-4-16(3)28-22(30)18(33-23(28)32)14-17-19(24-7-9-26-10-12-31-13-11-26)25-20-15(2)6-5-8-27(20)21(17)29/h5-6,8,14,16,24H,4,7,9-13H2,1-3H3/b18-14-/t16-/m1/s1. The number of carbonyl (C=O) groups is 1. The summed E-state index contributed by atoms with van der Waals surface area (Å²) in [5, 5.41) is 3.35. The molecule has 2 saturated heterocycles. The molecule has 0 aromatic carbocycles. The molecule has 1 amide bonds. The Balaban J connectivity index is 1.70. The van der Waals surface area contributed by atoms with Crippen LogP contribution < -0.4 is 10.9 Å². The number of aromatic nitrogens is 2. The molecule has 0 aliphatic carbocycles. The lowest BCUT2D eigenvalue weighted by Gasteiger charge is -2.26. The van der Waals surface area contributed by atoms with E-state index in [0.717, 1.165) is 44.8 Å². The fraction of sp³-hybridized carbons (Fsp3) is 0.478. The van der Waals surface area contributed by atoms with Crippen LogP contribution in [0, 0.1) is 6.92 Å². The predicted octanol–water partition coefficient (Wildman–Crippen LogP) is 2.75. The number of nitrogens with zero attached hydrogens (tertiary/aromatic N) is 4. The molecular weight excluding hydrogens is 458 g/mol. The summed E-state index contributed by atoms with van der Waals surface area (Å²) in [6, 6.07) is 3.76. The SMILES string of the molecule is CC[C@@H](C)N1C(=O)/C(=C/c2c(NCCN3CCOCC3)nc3c(C)cccn3c2=O)SC1=S. The molecule has 176 valence electrons. The number of thioether (sulfide) groups is 1. The first-order valence-electron chi connectivity index (χ1n) is 11.2. The molecule has 0 spiro atoms. The van der Waals surface area contributed by atoms with Crippen LogP contribution >= 0.6 is 24.0 Å². The average molecular weight is 488 g/mol. The maximum Gasteiger partial charge on any atom is 0.267 e. The maximum atomic E-state index is 13.5. The molecule has 2 aromatic heterocycles. The zero-order chi connectivity index (χ0) is 23.5. The number of hydrogen-bond acceptors (Lipinski definition) is 8. The molecule has 0 unspecified atom stereocenters. The van der Waals surface area contributed by atoms with Gasteiger partial charge in [-0.1, -0.05) is 37.0 Å². The number of rotatable bonds is 7. The van der Waals surface area contributed by atoms with Crippen molar-refractivity contribution < 1.29 is 9.53 Å². The molecule has 2 aromatic rings. The van der Waals surface area contributed by atoms with E-state index in [9.17, 15) is 9.59 Å². The number of hydrogen-bond donors (Lipinski definition) is 1. The summed E-state index contributed by atoms with van der Waals surface area (Å²) >= 11 is 6.69. The molecule has 2 fully saturated rings. The Morgan fingerprint density at radius 2 is 2.09 bits per heavy atom. The predicted molar refractivity (Wildman–Crippen MR) is 137 cm³/mol. The number of anilines is 1. The van der Waals surface area contributed by atoms with E-state index in [1.54, 1.807) is 17.2 Å². The van der Waals surface area contributed by atoms with Gasteiger partial charge in [0.15, 0.2) is 0 Å². The van der Waals surface area contributed by atoms with Gasteiger partial charge in [0.1, 0.15) is 15.8 Å². The van der Waals surface area contributed by atoms with E-state index in [4.69, 9.17) is 21.9 Å². The van der Waals surface area contributed by atoms with E-state index in [2.05, 4.69) is 10.2 Å². The third kappa shape index (κ3) is 4.98. The summed E-state index contributed by atoms with van der Waals surface area (Å²) in [5.74, 6) is 0.323. The molecule has 10 heteroatoms. The monoisotopic (exact) mass is 487 g/mol. The molecule has 1 atom stereocenters. The molecular formula is C23H29N5O3S2. The van der Waals surface area contributed by atoms with Crippen LogP contribution in [0.25, 0.3) is 11.7 Å². The third-order valence-corrected chi connectivity index (χ3v) is 7.37. The Morgan fingerprint density at radius 1 is 1.33 bits per heavy atom. The summed E-state index contributed by atoms with van der Waals surface area (Å²) < 4.78 is 7.46. The molecule has 2 aliphatic rings. The molecule has 4 rings (SSSR count). The fourth-order valence-corrected chi connectivity index (χ4v) is 5.35. The summed E-state index contributed by atoms with van der Waals surface area (Å²) in [7, 11) is 0. The van der Waals surface area contributed by atoms with Crippen molar-refractivity contribution in [1.82, 2.24) is 19.2 Å². The molecule has 4 heterocycles. The first-order chi connectivity index (χ1) is 15.9. The van der Waals surface area contributed by atoms with Gasteiger partial charge in [0, 0.05) is 38.4 Å². The summed E-state index contributed by atoms with van der Waals surface area (Å²) in [4.78, 5) is 35.7. The van der Waals surface area contributed by atoms with Gasteiger partial charge in [-0.05, 0) is 38.0 Å². The quantitative estimate of drug-likeness (QED) is 0.472. The van der Waals surface area contributed by atoms with Gasteiger partial charge < -0.3 is 10.1 Å². The van der Waals surface area contributed by atoms with Crippen LogP contribution in [-0.2, 0) is 9.53 Å². The molecule has 8 nitrogen and oxygen atoms in total. The Hall–Kier alpha value is -2.27. The van der Waals surface area contributed by atoms with Gasteiger partial charge in [0.2, 0.25) is 0 Å². The number of carbonyl (C=O) groups excluding carboxylic acids is 1. The Kier molecular flexibility index (Phi) is 7.48. The molecule has 0 bridgehead atoms. The fourth-order valence-electron chi connectivity index (χ4n) is 3.91. The Bertz CT molecular complexity index is 1160. The van der Waals surface area contributed by atoms with Crippen LogP contribution in [0.4, 0.5) is 5.82 Å². The van der Waals surface area contributed by atoms with Crippen LogP contribution in [0.15, 0.2) is 28.0 Å². The van der Waals surface area contributed by atoms with Crippen molar-refractivity contribution in [3.8, 4) is 0 Å². The number of thiocarbonyl (C=S) groups is 1. The zero-order valence-corrected chi connectivity index (χ0v) is 20.8. The van der Waals surface area contributed by atoms with Crippen molar-refractivity contribution in [2.24, 2.45) is 0 Å². The Morgan fingerprint density at radius 3 is 2.82 bits per heavy atom. The number of aryl methyl sites for hydroxylation is 1. The van der Waals surface area contributed by atoms with E-state index in [1.165, 1.54) is 16.2 Å². The first-order valence-corrected chi connectivity index (χ1v) is 12.5. The minimum absolute atomic E-state index is 0.00740. The largest absolute Gasteiger partial charge is 0.379 e. The second-order valence-corrected chi connectivity index (χ2v) is 9.93. The van der Waals surface area contributed by atoms with Crippen LogP contribution in [0.5, 0.6) is 0 Å². The topological polar surface area (TPSA) is 79.2 Å². The van der Waals surface area contributed by atoms with Gasteiger partial charge in [0.05, 0.1) is 23.7 Å². The zero-order valence-electron chi connectivity index (χ0n) is 19.2. The van der Waals surface area contributed by atoms with Crippen LogP contribution in [0.3, 0.4) is 0 Å². The second-order valence-electron chi connectivity index (χ2n) is 8.25. The van der Waals surface area contributed by atoms with Crippen molar-refractivity contribution in [2.45, 2.75) is 33.2 Å². The molecule has 33 heavy (non-hydrogen) atoms.